The smallest absolute Gasteiger partial charge is 0.309 e. The van der Waals surface area contributed by atoms with Crippen molar-refractivity contribution >= 4 is 50.1 Å². The van der Waals surface area contributed by atoms with Gasteiger partial charge in [0.1, 0.15) is 11.2 Å². The Morgan fingerprint density at radius 1 is 1.35 bits per heavy atom. The van der Waals surface area contributed by atoms with Crippen molar-refractivity contribution < 1.29 is 19.4 Å². The predicted molar refractivity (Wildman–Crippen MR) is 98.8 cm³/mol. The quantitative estimate of drug-likeness (QED) is 0.517. The number of thioether (sulfide) groups is 1. The molecule has 4 nitrogen and oxygen atoms in total. The number of hydrogen-bond donors (Lipinski definition) is 1. The molecule has 0 radical (unpaired) electrons. The van der Waals surface area contributed by atoms with Crippen LogP contribution in [0.25, 0.3) is 0 Å². The first-order chi connectivity index (χ1) is 10.5. The summed E-state index contributed by atoms with van der Waals surface area (Å²) in [6.07, 6.45) is 0.945. The van der Waals surface area contributed by atoms with Gasteiger partial charge in [0.2, 0.25) is 0 Å². The molecule has 0 spiro atoms. The van der Waals surface area contributed by atoms with E-state index in [0.717, 1.165) is 8.66 Å². The molecule has 0 aromatic carbocycles. The van der Waals surface area contributed by atoms with Gasteiger partial charge in [-0.15, -0.1) is 11.3 Å². The SMILES string of the molecule is CC(=O)SCCCC(O)(CC(=O)OC(C)(C)C)c1ccc(Br)s1. The third-order valence-electron chi connectivity index (χ3n) is 2.93. The third kappa shape index (κ3) is 7.83. The van der Waals surface area contributed by atoms with E-state index in [4.69, 9.17) is 4.74 Å². The summed E-state index contributed by atoms with van der Waals surface area (Å²) in [5.74, 6) is 0.196. The number of thiophene rings is 1. The zero-order chi connectivity index (χ0) is 17.7. The Balaban J connectivity index is 2.80. The maximum absolute atomic E-state index is 12.1. The Bertz CT molecular complexity index is 551. The van der Waals surface area contributed by atoms with Gasteiger partial charge in [-0.25, -0.2) is 0 Å². The molecule has 0 aliphatic carbocycles. The van der Waals surface area contributed by atoms with Crippen LogP contribution in [0.3, 0.4) is 0 Å². The number of esters is 1. The van der Waals surface area contributed by atoms with Crippen LogP contribution < -0.4 is 0 Å². The van der Waals surface area contributed by atoms with Gasteiger partial charge in [0.25, 0.3) is 0 Å². The Labute approximate surface area is 154 Å². The number of ether oxygens (including phenoxy) is 1. The van der Waals surface area contributed by atoms with Crippen LogP contribution in [0, 0.1) is 0 Å². The molecule has 1 N–H and O–H groups in total. The number of carbonyl (C=O) groups excluding carboxylic acids is 2. The molecule has 0 saturated carbocycles. The predicted octanol–water partition coefficient (Wildman–Crippen LogP) is 4.49. The lowest BCUT2D eigenvalue weighted by atomic mass is 9.92. The Hall–Kier alpha value is -0.370. The van der Waals surface area contributed by atoms with Crippen LogP contribution in [0.5, 0.6) is 0 Å². The van der Waals surface area contributed by atoms with Crippen LogP contribution in [0.15, 0.2) is 15.9 Å². The minimum atomic E-state index is -1.27. The average molecular weight is 423 g/mol. The van der Waals surface area contributed by atoms with Crippen molar-refractivity contribution in [2.45, 2.75) is 58.2 Å². The van der Waals surface area contributed by atoms with Crippen molar-refractivity contribution in [2.24, 2.45) is 0 Å². The van der Waals surface area contributed by atoms with Gasteiger partial charge in [0.15, 0.2) is 5.12 Å². The van der Waals surface area contributed by atoms with E-state index in [1.807, 2.05) is 12.1 Å². The lowest BCUT2D eigenvalue weighted by Crippen LogP contribution is -2.32. The van der Waals surface area contributed by atoms with Gasteiger partial charge in [-0.05, 0) is 61.7 Å². The molecule has 0 amide bonds. The summed E-state index contributed by atoms with van der Waals surface area (Å²) >= 11 is 6.02. The lowest BCUT2D eigenvalue weighted by molar-refractivity contribution is -0.161. The van der Waals surface area contributed by atoms with Gasteiger partial charge in [0.05, 0.1) is 10.2 Å². The molecule has 23 heavy (non-hydrogen) atoms. The van der Waals surface area contributed by atoms with Crippen molar-refractivity contribution in [1.29, 1.82) is 0 Å². The first-order valence-corrected chi connectivity index (χ1v) is 9.95. The van der Waals surface area contributed by atoms with E-state index < -0.39 is 17.2 Å². The van der Waals surface area contributed by atoms with Crippen molar-refractivity contribution in [3.63, 3.8) is 0 Å². The standard InChI is InChI=1S/C16H23BrO4S2/c1-11(18)22-9-5-8-16(20,12-6-7-13(17)23-12)10-14(19)21-15(2,3)4/h6-7,20H,5,8-10H2,1-4H3. The normalized spacial score (nSPS) is 14.3. The second kappa shape index (κ2) is 8.65. The summed E-state index contributed by atoms with van der Waals surface area (Å²) in [4.78, 5) is 23.9. The summed E-state index contributed by atoms with van der Waals surface area (Å²) in [5, 5.41) is 11.1. The number of hydrogen-bond acceptors (Lipinski definition) is 6. The average Bonchev–Trinajstić information content (AvgIpc) is 2.79. The van der Waals surface area contributed by atoms with Crippen molar-refractivity contribution in [1.82, 2.24) is 0 Å². The van der Waals surface area contributed by atoms with Crippen LogP contribution in [0.4, 0.5) is 0 Å². The molecule has 0 bridgehead atoms. The molecule has 7 heteroatoms. The summed E-state index contributed by atoms with van der Waals surface area (Å²) in [7, 11) is 0. The van der Waals surface area contributed by atoms with Crippen molar-refractivity contribution in [2.75, 3.05) is 5.75 Å². The van der Waals surface area contributed by atoms with Gasteiger partial charge >= 0.3 is 5.97 Å². The molecule has 1 unspecified atom stereocenters. The molecular weight excluding hydrogens is 400 g/mol. The second-order valence-corrected chi connectivity index (χ2v) is 10.1. The van der Waals surface area contributed by atoms with Gasteiger partial charge in [-0.1, -0.05) is 11.8 Å². The molecule has 0 fully saturated rings. The molecule has 1 rings (SSSR count). The first-order valence-electron chi connectivity index (χ1n) is 7.35. The largest absolute Gasteiger partial charge is 0.460 e. The molecule has 1 aromatic rings. The highest BCUT2D eigenvalue weighted by Crippen LogP contribution is 2.38. The molecule has 0 aliphatic heterocycles. The van der Waals surface area contributed by atoms with Gasteiger partial charge in [-0.2, -0.15) is 0 Å². The minimum absolute atomic E-state index is 0.0551. The minimum Gasteiger partial charge on any atom is -0.460 e. The fraction of sp³-hybridized carbons (Fsp3) is 0.625. The Kier molecular flexibility index (Phi) is 7.77. The molecular formula is C16H23BrO4S2. The molecule has 1 aromatic heterocycles. The van der Waals surface area contributed by atoms with Gasteiger partial charge in [0, 0.05) is 17.6 Å². The zero-order valence-electron chi connectivity index (χ0n) is 13.8. The van der Waals surface area contributed by atoms with Crippen LogP contribution in [-0.2, 0) is 19.9 Å². The maximum Gasteiger partial charge on any atom is 0.309 e. The summed E-state index contributed by atoms with van der Waals surface area (Å²) in [5.41, 5.74) is -1.85. The number of carbonyl (C=O) groups is 2. The molecule has 0 aliphatic rings. The van der Waals surface area contributed by atoms with Gasteiger partial charge in [-0.3, -0.25) is 9.59 Å². The molecule has 1 atom stereocenters. The Morgan fingerprint density at radius 2 is 2.00 bits per heavy atom. The lowest BCUT2D eigenvalue weighted by Gasteiger charge is -2.28. The number of halogens is 1. The maximum atomic E-state index is 12.1. The highest BCUT2D eigenvalue weighted by atomic mass is 79.9. The first kappa shape index (κ1) is 20.7. The Morgan fingerprint density at radius 3 is 2.48 bits per heavy atom. The highest BCUT2D eigenvalue weighted by molar-refractivity contribution is 9.11. The molecule has 0 saturated heterocycles. The third-order valence-corrected chi connectivity index (χ3v) is 5.64. The van der Waals surface area contributed by atoms with Crippen LogP contribution in [-0.4, -0.2) is 27.5 Å². The second-order valence-electron chi connectivity index (χ2n) is 6.34. The van der Waals surface area contributed by atoms with E-state index in [1.165, 1.54) is 30.0 Å². The van der Waals surface area contributed by atoms with Gasteiger partial charge < -0.3 is 9.84 Å². The fourth-order valence-corrected chi connectivity index (χ4v) is 4.14. The van der Waals surface area contributed by atoms with E-state index in [0.29, 0.717) is 18.6 Å². The van der Waals surface area contributed by atoms with E-state index in [1.54, 1.807) is 20.8 Å². The highest BCUT2D eigenvalue weighted by Gasteiger charge is 2.35. The van der Waals surface area contributed by atoms with E-state index in [2.05, 4.69) is 15.9 Å². The summed E-state index contributed by atoms with van der Waals surface area (Å²) in [6.45, 7) is 6.92. The number of rotatable bonds is 7. The van der Waals surface area contributed by atoms with Crippen LogP contribution in [0.2, 0.25) is 0 Å². The van der Waals surface area contributed by atoms with E-state index in [-0.39, 0.29) is 11.5 Å². The van der Waals surface area contributed by atoms with Crippen molar-refractivity contribution in [3.8, 4) is 0 Å². The van der Waals surface area contributed by atoms with E-state index in [9.17, 15) is 14.7 Å². The van der Waals surface area contributed by atoms with Crippen molar-refractivity contribution in [3.05, 3.63) is 20.8 Å². The summed E-state index contributed by atoms with van der Waals surface area (Å²) in [6, 6.07) is 3.67. The summed E-state index contributed by atoms with van der Waals surface area (Å²) < 4.78 is 6.24. The van der Waals surface area contributed by atoms with Crippen LogP contribution >= 0.6 is 39.0 Å². The number of aliphatic hydroxyl groups is 1. The van der Waals surface area contributed by atoms with E-state index >= 15 is 0 Å². The molecule has 130 valence electrons. The molecule has 1 heterocycles. The zero-order valence-corrected chi connectivity index (χ0v) is 17.1. The fourth-order valence-electron chi connectivity index (χ4n) is 2.06. The monoisotopic (exact) mass is 422 g/mol. The van der Waals surface area contributed by atoms with Crippen LogP contribution in [0.1, 0.15) is 51.8 Å². The topological polar surface area (TPSA) is 63.6 Å².